The van der Waals surface area contributed by atoms with Crippen molar-refractivity contribution in [3.8, 4) is 0 Å². The van der Waals surface area contributed by atoms with Gasteiger partial charge in [0.2, 0.25) is 6.41 Å². The zero-order valence-corrected chi connectivity index (χ0v) is 9.71. The minimum Gasteiger partial charge on any atom is -0.313 e. The van der Waals surface area contributed by atoms with Gasteiger partial charge < -0.3 is 5.32 Å². The summed E-state index contributed by atoms with van der Waals surface area (Å²) in [5.74, 6) is 0.563. The fourth-order valence-electron chi connectivity index (χ4n) is 1.42. The molecule has 0 bridgehead atoms. The highest BCUT2D eigenvalue weighted by atomic mass is 79.9. The van der Waals surface area contributed by atoms with E-state index in [2.05, 4.69) is 32.3 Å². The molecule has 0 fully saturated rings. The van der Waals surface area contributed by atoms with Crippen molar-refractivity contribution in [2.24, 2.45) is 0 Å². The van der Waals surface area contributed by atoms with E-state index in [0.29, 0.717) is 12.2 Å². The van der Waals surface area contributed by atoms with Crippen LogP contribution in [0.5, 0.6) is 0 Å². The molecule has 0 aliphatic carbocycles. The van der Waals surface area contributed by atoms with Crippen LogP contribution in [0.1, 0.15) is 5.56 Å². The van der Waals surface area contributed by atoms with Crippen molar-refractivity contribution in [3.63, 3.8) is 0 Å². The van der Waals surface area contributed by atoms with Gasteiger partial charge in [0.05, 0.1) is 0 Å². The molecule has 0 atom stereocenters. The number of nitrogens with one attached hydrogen (secondary N) is 1. The summed E-state index contributed by atoms with van der Waals surface area (Å²) in [5.41, 5.74) is 1.17. The number of carbonyl (C=O) groups excluding carboxylic acids is 1. The van der Waals surface area contributed by atoms with Gasteiger partial charge in [-0.15, -0.1) is 0 Å². The molecule has 0 radical (unpaired) electrons. The Morgan fingerprint density at radius 1 is 1.33 bits per heavy atom. The van der Waals surface area contributed by atoms with E-state index in [0.717, 1.165) is 15.2 Å². The Balaban J connectivity index is 2.61. The Hall–Kier alpha value is -1.42. The molecule has 1 heterocycles. The van der Waals surface area contributed by atoms with Crippen LogP contribution in [-0.2, 0) is 4.79 Å². The van der Waals surface area contributed by atoms with Crippen molar-refractivity contribution in [1.82, 2.24) is 4.98 Å². The maximum absolute atomic E-state index is 10.3. The van der Waals surface area contributed by atoms with Crippen molar-refractivity contribution in [2.45, 2.75) is 6.92 Å². The average molecular weight is 265 g/mol. The third kappa shape index (κ3) is 1.99. The molecule has 1 aromatic heterocycles. The van der Waals surface area contributed by atoms with Gasteiger partial charge in [0.15, 0.2) is 0 Å². The lowest BCUT2D eigenvalue weighted by Gasteiger charge is -2.04. The number of benzene rings is 1. The largest absolute Gasteiger partial charge is 0.313 e. The van der Waals surface area contributed by atoms with Gasteiger partial charge in [-0.25, -0.2) is 4.98 Å². The van der Waals surface area contributed by atoms with Crippen LogP contribution >= 0.6 is 15.9 Å². The lowest BCUT2D eigenvalue weighted by molar-refractivity contribution is -0.105. The molecule has 0 aliphatic rings. The molecule has 1 N–H and O–H groups in total. The number of nitrogens with zero attached hydrogens (tertiary/aromatic N) is 1. The lowest BCUT2D eigenvalue weighted by atomic mass is 10.1. The molecule has 1 aromatic carbocycles. The minimum atomic E-state index is 0.563. The maximum atomic E-state index is 10.3. The molecule has 0 unspecified atom stereocenters. The molecule has 0 saturated heterocycles. The number of fused-ring (bicyclic) bond motifs is 1. The second kappa shape index (κ2) is 3.98. The van der Waals surface area contributed by atoms with Gasteiger partial charge in [-0.3, -0.25) is 4.79 Å². The van der Waals surface area contributed by atoms with Gasteiger partial charge in [-0.2, -0.15) is 0 Å². The molecular formula is C11H9BrN2O. The van der Waals surface area contributed by atoms with Crippen molar-refractivity contribution in [3.05, 3.63) is 34.4 Å². The minimum absolute atomic E-state index is 0.563. The Labute approximate surface area is 95.6 Å². The van der Waals surface area contributed by atoms with Gasteiger partial charge in [-0.1, -0.05) is 15.9 Å². The van der Waals surface area contributed by atoms with Crippen LogP contribution < -0.4 is 5.32 Å². The predicted octanol–water partition coefficient (Wildman–Crippen LogP) is 2.87. The number of aryl methyl sites for hydroxylation is 1. The summed E-state index contributed by atoms with van der Waals surface area (Å²) in [5, 5.41) is 4.64. The summed E-state index contributed by atoms with van der Waals surface area (Å²) in [6.45, 7) is 2.03. The fourth-order valence-corrected chi connectivity index (χ4v) is 1.78. The highest BCUT2D eigenvalue weighted by molar-refractivity contribution is 9.10. The van der Waals surface area contributed by atoms with E-state index in [1.165, 1.54) is 5.56 Å². The predicted molar refractivity (Wildman–Crippen MR) is 63.9 cm³/mol. The Bertz CT molecular complexity index is 525. The first kappa shape index (κ1) is 10.1. The summed E-state index contributed by atoms with van der Waals surface area (Å²) >= 11 is 3.47. The van der Waals surface area contributed by atoms with Crippen molar-refractivity contribution >= 4 is 38.9 Å². The highest BCUT2D eigenvalue weighted by Gasteiger charge is 2.00. The smallest absolute Gasteiger partial charge is 0.212 e. The maximum Gasteiger partial charge on any atom is 0.212 e. The summed E-state index contributed by atoms with van der Waals surface area (Å²) in [4.78, 5) is 14.4. The van der Waals surface area contributed by atoms with Gasteiger partial charge in [0.25, 0.3) is 0 Å². The van der Waals surface area contributed by atoms with E-state index < -0.39 is 0 Å². The number of hydrogen-bond acceptors (Lipinski definition) is 2. The number of carbonyl (C=O) groups is 1. The van der Waals surface area contributed by atoms with Gasteiger partial charge >= 0.3 is 0 Å². The number of aromatic nitrogens is 1. The molecule has 15 heavy (non-hydrogen) atoms. The van der Waals surface area contributed by atoms with Gasteiger partial charge in [-0.05, 0) is 36.1 Å². The quantitative estimate of drug-likeness (QED) is 0.848. The van der Waals surface area contributed by atoms with Crippen LogP contribution in [0.15, 0.2) is 28.9 Å². The fraction of sp³-hybridized carbons (Fsp3) is 0.0909. The molecule has 3 nitrogen and oxygen atoms in total. The van der Waals surface area contributed by atoms with Crippen LogP contribution in [0.2, 0.25) is 0 Å². The Kier molecular flexibility index (Phi) is 2.68. The molecule has 76 valence electrons. The second-order valence-electron chi connectivity index (χ2n) is 3.28. The molecule has 0 spiro atoms. The number of rotatable bonds is 2. The Morgan fingerprint density at radius 3 is 2.87 bits per heavy atom. The number of anilines is 1. The van der Waals surface area contributed by atoms with E-state index >= 15 is 0 Å². The number of halogens is 1. The van der Waals surface area contributed by atoms with Gasteiger partial charge in [0.1, 0.15) is 5.82 Å². The molecular weight excluding hydrogens is 256 g/mol. The normalized spacial score (nSPS) is 10.3. The lowest BCUT2D eigenvalue weighted by Crippen LogP contribution is -1.96. The monoisotopic (exact) mass is 264 g/mol. The van der Waals surface area contributed by atoms with Crippen LogP contribution in [-0.4, -0.2) is 11.4 Å². The molecule has 4 heteroatoms. The zero-order chi connectivity index (χ0) is 10.8. The van der Waals surface area contributed by atoms with E-state index in [4.69, 9.17) is 0 Å². The SMILES string of the molecule is Cc1cc2cnc(NC=O)cc2cc1Br. The first-order chi connectivity index (χ1) is 7.20. The molecule has 2 aromatic rings. The van der Waals surface area contributed by atoms with Crippen LogP contribution in [0.4, 0.5) is 5.82 Å². The first-order valence-corrected chi connectivity index (χ1v) is 5.26. The van der Waals surface area contributed by atoms with Crippen LogP contribution in [0, 0.1) is 6.92 Å². The van der Waals surface area contributed by atoms with E-state index in [1.807, 2.05) is 19.1 Å². The Morgan fingerprint density at radius 2 is 2.13 bits per heavy atom. The van der Waals surface area contributed by atoms with E-state index in [9.17, 15) is 4.79 Å². The number of hydrogen-bond donors (Lipinski definition) is 1. The molecule has 2 rings (SSSR count). The zero-order valence-electron chi connectivity index (χ0n) is 8.12. The topological polar surface area (TPSA) is 42.0 Å². The standard InChI is InChI=1S/C11H9BrN2O/c1-7-2-9-5-13-11(14-6-15)4-8(9)3-10(7)12/h2-6H,1H3,(H,13,14,15). The third-order valence-corrected chi connectivity index (χ3v) is 3.06. The summed E-state index contributed by atoms with van der Waals surface area (Å²) in [6.07, 6.45) is 2.37. The second-order valence-corrected chi connectivity index (χ2v) is 4.13. The first-order valence-electron chi connectivity index (χ1n) is 4.47. The van der Waals surface area contributed by atoms with E-state index in [1.54, 1.807) is 6.20 Å². The van der Waals surface area contributed by atoms with Gasteiger partial charge in [0, 0.05) is 16.1 Å². The highest BCUT2D eigenvalue weighted by Crippen LogP contribution is 2.24. The van der Waals surface area contributed by atoms with Crippen molar-refractivity contribution < 1.29 is 4.79 Å². The summed E-state index contributed by atoms with van der Waals surface area (Å²) in [7, 11) is 0. The molecule has 1 amide bonds. The number of pyridine rings is 1. The van der Waals surface area contributed by atoms with Crippen LogP contribution in [0.3, 0.4) is 0 Å². The molecule has 0 saturated carbocycles. The average Bonchev–Trinajstić information content (AvgIpc) is 2.21. The summed E-state index contributed by atoms with van der Waals surface area (Å²) < 4.78 is 1.05. The number of amides is 1. The third-order valence-electron chi connectivity index (χ3n) is 2.21. The summed E-state index contributed by atoms with van der Waals surface area (Å²) in [6, 6.07) is 5.91. The molecule has 0 aliphatic heterocycles. The van der Waals surface area contributed by atoms with E-state index in [-0.39, 0.29) is 0 Å². The van der Waals surface area contributed by atoms with Crippen molar-refractivity contribution in [2.75, 3.05) is 5.32 Å². The van der Waals surface area contributed by atoms with Crippen LogP contribution in [0.25, 0.3) is 10.8 Å². The van der Waals surface area contributed by atoms with Crippen molar-refractivity contribution in [1.29, 1.82) is 0 Å².